The zero-order chi connectivity index (χ0) is 32.3. The average Bonchev–Trinajstić information content (AvgIpc) is 3.15. The Labute approximate surface area is 252 Å². The van der Waals surface area contributed by atoms with Crippen molar-refractivity contribution >= 4 is 23.4 Å². The van der Waals surface area contributed by atoms with Gasteiger partial charge in [0.1, 0.15) is 5.60 Å². The zero-order valence-corrected chi connectivity index (χ0v) is 26.2. The highest BCUT2D eigenvalue weighted by Crippen LogP contribution is 2.70. The molecule has 4 aliphatic carbocycles. The molecule has 3 fully saturated rings. The summed E-state index contributed by atoms with van der Waals surface area (Å²) in [5.74, 6) is -4.87. The monoisotopic (exact) mass is 606 g/mol. The minimum Gasteiger partial charge on any atom is -0.457 e. The number of Topliss-reactive ketones (excluding diaryl/α,β-unsaturated/α-hetero) is 1. The Balaban J connectivity index is 1.47. The molecule has 11 atom stereocenters. The number of halogens is 1. The number of carbonyl (C=O) groups excluding carboxylic acids is 4. The molecule has 0 aromatic heterocycles. The maximum Gasteiger partial charge on any atom is 0.311 e. The van der Waals surface area contributed by atoms with Crippen LogP contribution in [0.3, 0.4) is 0 Å². The largest absolute Gasteiger partial charge is 0.457 e. The van der Waals surface area contributed by atoms with Crippen LogP contribution in [0.4, 0.5) is 4.39 Å². The topological polar surface area (TPSA) is 165 Å². The molecule has 0 aromatic rings. The van der Waals surface area contributed by atoms with E-state index in [1.807, 2.05) is 0 Å². The highest BCUT2D eigenvalue weighted by molar-refractivity contribution is 6.01. The summed E-state index contributed by atoms with van der Waals surface area (Å²) >= 11 is 0. The van der Waals surface area contributed by atoms with Crippen molar-refractivity contribution in [1.29, 1.82) is 0 Å². The number of hydrogen-bond acceptors (Lipinski definition) is 9. The Bertz CT molecular complexity index is 1240. The van der Waals surface area contributed by atoms with Crippen LogP contribution in [0.5, 0.6) is 0 Å². The predicted molar refractivity (Wildman–Crippen MR) is 154 cm³/mol. The summed E-state index contributed by atoms with van der Waals surface area (Å²) in [6.07, 6.45) is 3.10. The van der Waals surface area contributed by atoms with Crippen LogP contribution in [0.15, 0.2) is 23.8 Å². The summed E-state index contributed by atoms with van der Waals surface area (Å²) in [7, 11) is 0. The summed E-state index contributed by atoms with van der Waals surface area (Å²) in [6.45, 7) is 11.1. The van der Waals surface area contributed by atoms with Crippen LogP contribution in [-0.4, -0.2) is 69.8 Å². The molecule has 0 saturated heterocycles. The van der Waals surface area contributed by atoms with Crippen molar-refractivity contribution in [3.8, 4) is 0 Å². The number of nitrogens with one attached hydrogen (secondary N) is 1. The van der Waals surface area contributed by atoms with Crippen LogP contribution in [0, 0.1) is 40.4 Å². The van der Waals surface area contributed by atoms with Crippen molar-refractivity contribution in [2.75, 3.05) is 6.61 Å². The van der Waals surface area contributed by atoms with Crippen LogP contribution in [0.1, 0.15) is 74.1 Å². The Morgan fingerprint density at radius 1 is 1.19 bits per heavy atom. The molecule has 240 valence electrons. The van der Waals surface area contributed by atoms with Gasteiger partial charge in [-0.3, -0.25) is 24.0 Å². The zero-order valence-electron chi connectivity index (χ0n) is 26.2. The van der Waals surface area contributed by atoms with Gasteiger partial charge >= 0.3 is 5.97 Å². The quantitative estimate of drug-likeness (QED) is 0.228. The molecule has 0 aliphatic heterocycles. The van der Waals surface area contributed by atoms with Crippen LogP contribution >= 0.6 is 0 Å². The molecule has 3 unspecified atom stereocenters. The van der Waals surface area contributed by atoms with E-state index in [4.69, 9.17) is 15.3 Å². The van der Waals surface area contributed by atoms with Gasteiger partial charge in [0, 0.05) is 16.7 Å². The molecule has 3 saturated carbocycles. The number of fused-ring (bicyclic) bond motifs is 5. The van der Waals surface area contributed by atoms with Gasteiger partial charge in [0.05, 0.1) is 24.2 Å². The van der Waals surface area contributed by atoms with Gasteiger partial charge in [-0.25, -0.2) is 9.87 Å². The average molecular weight is 607 g/mol. The number of rotatable bonds is 9. The van der Waals surface area contributed by atoms with E-state index < -0.39 is 88.3 Å². The number of aliphatic hydroxyl groups is 2. The fourth-order valence-electron chi connectivity index (χ4n) is 8.33. The van der Waals surface area contributed by atoms with Gasteiger partial charge in [-0.15, -0.1) is 0 Å². The number of alkyl halides is 1. The number of carbonyl (C=O) groups is 4. The molecule has 0 heterocycles. The van der Waals surface area contributed by atoms with Crippen molar-refractivity contribution in [2.45, 2.75) is 104 Å². The van der Waals surface area contributed by atoms with E-state index in [0.29, 0.717) is 24.8 Å². The second-order valence-corrected chi connectivity index (χ2v) is 14.0. The fraction of sp³-hybridized carbons (Fsp3) is 0.750. The standard InChI is InChI=1S/C32H47FN2O8/c1-16(2)26(34)27(39)35-43-19(5)18(4)28(40)42-15-25(38)32(41)17(3)12-23-22-9-8-20-13-21(36)10-11-29(20,6)31(22,33)24(37)14-30(23,32)7/h10-11,13,16-19,22-24,26,37,41H,8-9,12,14-15,34H2,1-7H3,(H,35,39)/t17-,18?,19?,22+,23+,24+,26?,29+,30+,31+,32+/m1/s1. The van der Waals surface area contributed by atoms with E-state index in [-0.39, 0.29) is 18.1 Å². The van der Waals surface area contributed by atoms with Crippen molar-refractivity contribution in [1.82, 2.24) is 5.48 Å². The Morgan fingerprint density at radius 3 is 2.47 bits per heavy atom. The van der Waals surface area contributed by atoms with Gasteiger partial charge in [0.15, 0.2) is 18.1 Å². The first kappa shape index (κ1) is 33.4. The van der Waals surface area contributed by atoms with Gasteiger partial charge in [-0.1, -0.05) is 39.3 Å². The summed E-state index contributed by atoms with van der Waals surface area (Å²) in [6, 6.07) is -0.786. The smallest absolute Gasteiger partial charge is 0.311 e. The first-order chi connectivity index (χ1) is 19.9. The van der Waals surface area contributed by atoms with Crippen molar-refractivity contribution in [2.24, 2.45) is 46.2 Å². The van der Waals surface area contributed by atoms with E-state index in [2.05, 4.69) is 5.48 Å². The Kier molecular flexibility index (Phi) is 8.92. The van der Waals surface area contributed by atoms with Crippen LogP contribution in [0.2, 0.25) is 0 Å². The molecule has 0 spiro atoms. The lowest BCUT2D eigenvalue weighted by molar-refractivity contribution is -0.220. The third-order valence-corrected chi connectivity index (χ3v) is 11.4. The Hall–Kier alpha value is -2.47. The molecule has 10 nitrogen and oxygen atoms in total. The van der Waals surface area contributed by atoms with Gasteiger partial charge in [0.25, 0.3) is 5.91 Å². The molecule has 0 radical (unpaired) electrons. The summed E-state index contributed by atoms with van der Waals surface area (Å²) in [4.78, 5) is 56.0. The highest BCUT2D eigenvalue weighted by atomic mass is 19.1. The van der Waals surface area contributed by atoms with E-state index in [1.54, 1.807) is 47.6 Å². The van der Waals surface area contributed by atoms with Crippen LogP contribution in [-0.2, 0) is 28.8 Å². The molecule has 4 aliphatic rings. The van der Waals surface area contributed by atoms with E-state index in [0.717, 1.165) is 0 Å². The number of aliphatic hydroxyl groups excluding tert-OH is 1. The normalized spacial score (nSPS) is 40.5. The summed E-state index contributed by atoms with van der Waals surface area (Å²) in [5, 5.41) is 23.6. The molecule has 0 bridgehead atoms. The molecule has 11 heteroatoms. The maximum atomic E-state index is 17.3. The van der Waals surface area contributed by atoms with Crippen LogP contribution < -0.4 is 11.2 Å². The second-order valence-electron chi connectivity index (χ2n) is 14.0. The molecule has 5 N–H and O–H groups in total. The summed E-state index contributed by atoms with van der Waals surface area (Å²) in [5.41, 5.74) is 2.29. The predicted octanol–water partition coefficient (Wildman–Crippen LogP) is 2.50. The summed E-state index contributed by atoms with van der Waals surface area (Å²) < 4.78 is 22.7. The number of amides is 1. The lowest BCUT2D eigenvalue weighted by Gasteiger charge is -2.62. The van der Waals surface area contributed by atoms with Gasteiger partial charge in [-0.2, -0.15) is 0 Å². The number of esters is 1. The third-order valence-electron chi connectivity index (χ3n) is 11.4. The van der Waals surface area contributed by atoms with Crippen molar-refractivity contribution in [3.63, 3.8) is 0 Å². The SMILES string of the molecule is CC(C)C(N)C(=O)NOC(C)C(C)C(=O)OCC(=O)[C@@]1(O)[C@H](C)C[C@H]2[C@@H]3CCC4=CC(=O)C=C[C@]4(C)[C@@]3(F)[C@@H](O)C[C@@]21C. The van der Waals surface area contributed by atoms with E-state index in [9.17, 15) is 29.4 Å². The number of ketones is 2. The van der Waals surface area contributed by atoms with E-state index >= 15 is 4.39 Å². The number of ether oxygens (including phenoxy) is 1. The van der Waals surface area contributed by atoms with Crippen molar-refractivity contribution < 1.29 is 43.4 Å². The molecular formula is C32H47FN2O8. The third kappa shape index (κ3) is 5.00. The lowest BCUT2D eigenvalue weighted by Crippen LogP contribution is -2.69. The number of hydroxylamine groups is 1. The molecular weight excluding hydrogens is 559 g/mol. The first-order valence-corrected chi connectivity index (χ1v) is 15.3. The second kappa shape index (κ2) is 11.5. The number of hydrogen-bond donors (Lipinski definition) is 4. The van der Waals surface area contributed by atoms with Crippen LogP contribution in [0.25, 0.3) is 0 Å². The molecule has 4 rings (SSSR count). The van der Waals surface area contributed by atoms with Gasteiger partial charge in [-0.05, 0) is 76.4 Å². The van der Waals surface area contributed by atoms with Gasteiger partial charge in [0.2, 0.25) is 5.78 Å². The van der Waals surface area contributed by atoms with Crippen molar-refractivity contribution in [3.05, 3.63) is 23.8 Å². The lowest BCUT2D eigenvalue weighted by atomic mass is 9.44. The minimum absolute atomic E-state index is 0.116. The molecule has 0 aromatic carbocycles. The first-order valence-electron chi connectivity index (χ1n) is 15.3. The number of nitrogens with two attached hydrogens (primary N) is 1. The number of allylic oxidation sites excluding steroid dienone is 4. The Morgan fingerprint density at radius 2 is 1.84 bits per heavy atom. The fourth-order valence-corrected chi connectivity index (χ4v) is 8.33. The molecule has 1 amide bonds. The maximum absolute atomic E-state index is 17.3. The molecule has 43 heavy (non-hydrogen) atoms. The highest BCUT2D eigenvalue weighted by Gasteiger charge is 2.75. The van der Waals surface area contributed by atoms with E-state index in [1.165, 1.54) is 19.1 Å². The van der Waals surface area contributed by atoms with Gasteiger partial charge < -0.3 is 20.7 Å². The minimum atomic E-state index is -2.08.